The molecule has 6 nitrogen and oxygen atoms in total. The molecule has 0 bridgehead atoms. The zero-order valence-corrected chi connectivity index (χ0v) is 53.2. The van der Waals surface area contributed by atoms with Gasteiger partial charge in [0.05, 0.1) is 28.1 Å². The van der Waals surface area contributed by atoms with Crippen LogP contribution in [-0.2, 0) is 10.8 Å². The molecule has 3 aromatic heterocycles. The highest BCUT2D eigenvalue weighted by Gasteiger charge is 2.46. The summed E-state index contributed by atoms with van der Waals surface area (Å²) in [5, 5.41) is 5.51. The van der Waals surface area contributed by atoms with Crippen LogP contribution < -0.4 is 35.3 Å². The third-order valence-electron chi connectivity index (χ3n) is 18.6. The van der Waals surface area contributed by atoms with Crippen molar-refractivity contribution in [3.05, 3.63) is 257 Å². The molecular formula is C81H69BN4O2S. The first kappa shape index (κ1) is 54.6. The van der Waals surface area contributed by atoms with E-state index in [1.54, 1.807) is 0 Å². The van der Waals surface area contributed by atoms with Crippen molar-refractivity contribution in [2.24, 2.45) is 0 Å². The van der Waals surface area contributed by atoms with Gasteiger partial charge in [-0.3, -0.25) is 0 Å². The van der Waals surface area contributed by atoms with Crippen LogP contribution in [0, 0.1) is 34.6 Å². The molecule has 0 atom stereocenters. The van der Waals surface area contributed by atoms with Gasteiger partial charge in [0.15, 0.2) is 5.58 Å². The molecule has 0 N–H and O–H groups in total. The van der Waals surface area contributed by atoms with E-state index in [2.05, 4.69) is 314 Å². The average molecular weight is 1170 g/mol. The summed E-state index contributed by atoms with van der Waals surface area (Å²) in [6, 6.07) is 81.7. The molecule has 0 radical (unpaired) electrons. The molecule has 2 aliphatic rings. The van der Waals surface area contributed by atoms with Crippen molar-refractivity contribution in [2.45, 2.75) is 87.0 Å². The summed E-state index contributed by atoms with van der Waals surface area (Å²) in [4.78, 5) is 10.0. The number of para-hydroxylation sites is 2. The van der Waals surface area contributed by atoms with Gasteiger partial charge in [-0.25, -0.2) is 0 Å². The normalized spacial score (nSPS) is 13.0. The summed E-state index contributed by atoms with van der Waals surface area (Å²) in [5.74, 6) is 0. The molecule has 0 amide bonds. The van der Waals surface area contributed by atoms with Crippen molar-refractivity contribution < 1.29 is 8.83 Å². The Balaban J connectivity index is 1.02. The first-order valence-corrected chi connectivity index (χ1v) is 32.0. The minimum atomic E-state index is -0.134. The van der Waals surface area contributed by atoms with Crippen molar-refractivity contribution in [3.63, 3.8) is 0 Å². The second-order valence-electron chi connectivity index (χ2n) is 27.0. The van der Waals surface area contributed by atoms with Crippen LogP contribution in [0.5, 0.6) is 0 Å². The molecule has 14 aromatic rings. The third kappa shape index (κ3) is 8.89. The average Bonchev–Trinajstić information content (AvgIpc) is 0.950. The van der Waals surface area contributed by atoms with E-state index in [-0.39, 0.29) is 17.5 Å². The van der Waals surface area contributed by atoms with Crippen LogP contribution in [0.25, 0.3) is 54.0 Å². The number of furan rings is 2. The van der Waals surface area contributed by atoms with Crippen LogP contribution >= 0.6 is 11.3 Å². The van der Waals surface area contributed by atoms with E-state index in [9.17, 15) is 0 Å². The number of nitrogens with zero attached hydrogens (tertiary/aromatic N) is 4. The Kier molecular flexibility index (Phi) is 12.4. The molecule has 11 aromatic carbocycles. The fourth-order valence-electron chi connectivity index (χ4n) is 13.9. The largest absolute Gasteiger partial charge is 0.456 e. The molecular weight excluding hydrogens is 1100 g/mol. The van der Waals surface area contributed by atoms with E-state index in [4.69, 9.17) is 8.83 Å². The number of hydrogen-bond donors (Lipinski definition) is 0. The number of aryl methyl sites for hydroxylation is 5. The van der Waals surface area contributed by atoms with Gasteiger partial charge in [0.25, 0.3) is 6.71 Å². The lowest BCUT2D eigenvalue weighted by atomic mass is 9.36. The molecule has 434 valence electrons. The lowest BCUT2D eigenvalue weighted by Crippen LogP contribution is -2.60. The van der Waals surface area contributed by atoms with E-state index >= 15 is 0 Å². The molecule has 8 heteroatoms. The molecule has 0 saturated heterocycles. The summed E-state index contributed by atoms with van der Waals surface area (Å²) in [7, 11) is 0. The fraction of sp³-hybridized carbons (Fsp3) is 0.160. The van der Waals surface area contributed by atoms with Crippen LogP contribution in [0.2, 0.25) is 0 Å². The SMILES string of the molecule is Cc1ccc(N(c2ccc(C)cc2)c2cc(N3c4cc(C)cc5c4B(c4cc(C(C)(C)C)ccc4N5c4cc(N(c5ccc(C)cc5)c5ccc(C)cc5)c5c(c4)oc4ccccc45)c4sc5ccc(C(C)(C)C)cc5c43)cc3c2oc2ccccc23)cc1. The monoisotopic (exact) mass is 1170 g/mol. The Labute approximate surface area is 525 Å². The number of hydrogen-bond acceptors (Lipinski definition) is 7. The van der Waals surface area contributed by atoms with Gasteiger partial charge in [0.1, 0.15) is 16.7 Å². The second kappa shape index (κ2) is 20.1. The standard InChI is InChI=1S/C81H69BN4O2S/c1-48-20-30-55(31-21-48)83(56-32-22-49(2)23-33-56)67-45-60(47-73-75(67)62-17-13-15-19-72(62)87-73)85-66-38-28-54(81(9,10)11)43-65(66)82-76-68(85)40-52(5)41-69(76)86(77-64-42-53(80(6,7)8)29-39-74(64)89-79(77)82)59-44-63-61-16-12-14-18-71(61)88-78(63)70(46-59)84(57-34-24-50(3)25-35-57)58-36-26-51(4)27-37-58/h12-47H,1-11H3. The maximum Gasteiger partial charge on any atom is 0.264 e. The highest BCUT2D eigenvalue weighted by atomic mass is 32.1. The Bertz CT molecular complexity index is 5080. The number of rotatable bonds is 8. The molecule has 5 heterocycles. The van der Waals surface area contributed by atoms with Gasteiger partial charge in [-0.1, -0.05) is 167 Å². The highest BCUT2D eigenvalue weighted by molar-refractivity contribution is 7.33. The summed E-state index contributed by atoms with van der Waals surface area (Å²) in [6.45, 7) is 24.8. The quantitative estimate of drug-likeness (QED) is 0.141. The van der Waals surface area contributed by atoms with E-state index in [1.165, 1.54) is 64.9 Å². The first-order valence-electron chi connectivity index (χ1n) is 31.2. The fourth-order valence-corrected chi connectivity index (χ4v) is 15.2. The van der Waals surface area contributed by atoms with Crippen molar-refractivity contribution in [1.29, 1.82) is 0 Å². The number of thiophene rings is 1. The Morgan fingerprint density at radius 3 is 1.47 bits per heavy atom. The van der Waals surface area contributed by atoms with Gasteiger partial charge in [-0.05, 0) is 182 Å². The molecule has 89 heavy (non-hydrogen) atoms. The predicted octanol–water partition coefficient (Wildman–Crippen LogP) is 21.9. The van der Waals surface area contributed by atoms with Gasteiger partial charge >= 0.3 is 0 Å². The number of fused-ring (bicyclic) bond motifs is 12. The smallest absolute Gasteiger partial charge is 0.264 e. The van der Waals surface area contributed by atoms with Crippen molar-refractivity contribution in [1.82, 2.24) is 0 Å². The zero-order chi connectivity index (χ0) is 60.9. The zero-order valence-electron chi connectivity index (χ0n) is 52.4. The molecule has 0 saturated carbocycles. The molecule has 2 aliphatic heterocycles. The molecule has 0 unspecified atom stereocenters. The maximum absolute atomic E-state index is 7.13. The molecule has 0 fully saturated rings. The van der Waals surface area contributed by atoms with Crippen LogP contribution in [0.15, 0.2) is 227 Å². The summed E-state index contributed by atoms with van der Waals surface area (Å²) >= 11 is 1.95. The van der Waals surface area contributed by atoms with Gasteiger partial charge in [0, 0.05) is 82.6 Å². The Morgan fingerprint density at radius 1 is 0.393 bits per heavy atom. The van der Waals surface area contributed by atoms with E-state index < -0.39 is 0 Å². The van der Waals surface area contributed by atoms with Crippen molar-refractivity contribution in [2.75, 3.05) is 19.6 Å². The van der Waals surface area contributed by atoms with E-state index in [0.29, 0.717) is 0 Å². The van der Waals surface area contributed by atoms with Gasteiger partial charge in [-0.15, -0.1) is 11.3 Å². The second-order valence-corrected chi connectivity index (χ2v) is 28.1. The van der Waals surface area contributed by atoms with E-state index in [1.807, 2.05) is 11.3 Å². The molecule has 16 rings (SSSR count). The highest BCUT2D eigenvalue weighted by Crippen LogP contribution is 2.54. The van der Waals surface area contributed by atoms with Gasteiger partial charge < -0.3 is 28.4 Å². The van der Waals surface area contributed by atoms with Gasteiger partial charge in [-0.2, -0.15) is 0 Å². The topological polar surface area (TPSA) is 39.2 Å². The molecule has 0 spiro atoms. The van der Waals surface area contributed by atoms with E-state index in [0.717, 1.165) is 112 Å². The summed E-state index contributed by atoms with van der Waals surface area (Å²) in [6.07, 6.45) is 0. The van der Waals surface area contributed by atoms with Gasteiger partial charge in [0.2, 0.25) is 0 Å². The van der Waals surface area contributed by atoms with Crippen LogP contribution in [0.1, 0.15) is 80.5 Å². The van der Waals surface area contributed by atoms with Crippen molar-refractivity contribution >= 4 is 156 Å². The Morgan fingerprint density at radius 2 is 0.888 bits per heavy atom. The minimum Gasteiger partial charge on any atom is -0.456 e. The minimum absolute atomic E-state index is 0.0949. The predicted molar refractivity (Wildman–Crippen MR) is 381 cm³/mol. The Hall–Kier alpha value is -9.76. The molecule has 0 aliphatic carbocycles. The maximum atomic E-state index is 7.13. The van der Waals surface area contributed by atoms with Crippen LogP contribution in [0.4, 0.5) is 68.2 Å². The lowest BCUT2D eigenvalue weighted by Gasteiger charge is -2.44. The van der Waals surface area contributed by atoms with Crippen LogP contribution in [-0.4, -0.2) is 6.71 Å². The summed E-state index contributed by atoms with van der Waals surface area (Å²) in [5.41, 5.74) is 27.2. The summed E-state index contributed by atoms with van der Waals surface area (Å²) < 4.78 is 16.8. The first-order chi connectivity index (χ1) is 42.9. The lowest BCUT2D eigenvalue weighted by molar-refractivity contribution is 0.590. The number of benzene rings is 11. The van der Waals surface area contributed by atoms with Crippen LogP contribution in [0.3, 0.4) is 0 Å². The third-order valence-corrected chi connectivity index (χ3v) is 19.8. The number of anilines is 12. The van der Waals surface area contributed by atoms with Crippen molar-refractivity contribution in [3.8, 4) is 0 Å².